The van der Waals surface area contributed by atoms with E-state index in [1.54, 1.807) is 7.11 Å². The first-order valence-corrected chi connectivity index (χ1v) is 7.73. The van der Waals surface area contributed by atoms with Crippen LogP contribution in [0.3, 0.4) is 0 Å². The zero-order valence-corrected chi connectivity index (χ0v) is 13.2. The molecule has 1 unspecified atom stereocenters. The molecule has 1 aliphatic heterocycles. The van der Waals surface area contributed by atoms with Crippen LogP contribution in [0.1, 0.15) is 24.5 Å². The minimum atomic E-state index is 0.214. The van der Waals surface area contributed by atoms with E-state index in [9.17, 15) is 0 Å². The second-order valence-electron chi connectivity index (χ2n) is 5.65. The molecule has 0 bridgehead atoms. The van der Waals surface area contributed by atoms with Crippen molar-refractivity contribution in [3.63, 3.8) is 0 Å². The molecule has 3 rings (SSSR count). The minimum Gasteiger partial charge on any atom is -0.497 e. The average molecular weight is 298 g/mol. The molecule has 0 aliphatic carbocycles. The van der Waals surface area contributed by atoms with Crippen LogP contribution in [0.5, 0.6) is 11.5 Å². The SMILES string of the molecule is CCC1CN(Cc2cccnc2)Cc2cc(OC)ccc2O1. The molecule has 0 N–H and O–H groups in total. The number of hydrogen-bond acceptors (Lipinski definition) is 4. The number of pyridine rings is 1. The minimum absolute atomic E-state index is 0.214. The third kappa shape index (κ3) is 3.39. The van der Waals surface area contributed by atoms with Gasteiger partial charge in [-0.15, -0.1) is 0 Å². The lowest BCUT2D eigenvalue weighted by molar-refractivity contribution is 0.139. The van der Waals surface area contributed by atoms with Gasteiger partial charge in [-0.3, -0.25) is 9.88 Å². The molecular weight excluding hydrogens is 276 g/mol. The van der Waals surface area contributed by atoms with Gasteiger partial charge >= 0.3 is 0 Å². The number of methoxy groups -OCH3 is 1. The Morgan fingerprint density at radius 1 is 1.36 bits per heavy atom. The van der Waals surface area contributed by atoms with Gasteiger partial charge in [0.2, 0.25) is 0 Å². The van der Waals surface area contributed by atoms with E-state index in [1.807, 2.05) is 30.6 Å². The first-order chi connectivity index (χ1) is 10.8. The second-order valence-corrected chi connectivity index (χ2v) is 5.65. The predicted molar refractivity (Wildman–Crippen MR) is 86.1 cm³/mol. The number of fused-ring (bicyclic) bond motifs is 1. The standard InChI is InChI=1S/C18H22N2O2/c1-3-16-13-20(11-14-5-4-8-19-10-14)12-15-9-17(21-2)6-7-18(15)22-16/h4-10,16H,3,11-13H2,1-2H3. The first-order valence-electron chi connectivity index (χ1n) is 7.73. The number of benzene rings is 1. The van der Waals surface area contributed by atoms with E-state index in [2.05, 4.69) is 28.9 Å². The fourth-order valence-corrected chi connectivity index (χ4v) is 2.81. The van der Waals surface area contributed by atoms with Crippen molar-refractivity contribution in [3.8, 4) is 11.5 Å². The summed E-state index contributed by atoms with van der Waals surface area (Å²) in [5.41, 5.74) is 2.41. The maximum Gasteiger partial charge on any atom is 0.124 e. The summed E-state index contributed by atoms with van der Waals surface area (Å²) < 4.78 is 11.5. The number of ether oxygens (including phenoxy) is 2. The van der Waals surface area contributed by atoms with E-state index in [4.69, 9.17) is 9.47 Å². The Bertz CT molecular complexity index is 616. The molecule has 1 aromatic carbocycles. The van der Waals surface area contributed by atoms with E-state index in [1.165, 1.54) is 11.1 Å². The monoisotopic (exact) mass is 298 g/mol. The Morgan fingerprint density at radius 3 is 3.00 bits per heavy atom. The molecule has 1 aromatic heterocycles. The van der Waals surface area contributed by atoms with Crippen LogP contribution in [0.2, 0.25) is 0 Å². The molecule has 2 aromatic rings. The lowest BCUT2D eigenvalue weighted by Gasteiger charge is -2.23. The summed E-state index contributed by atoms with van der Waals surface area (Å²) in [6.07, 6.45) is 4.95. The highest BCUT2D eigenvalue weighted by Crippen LogP contribution is 2.30. The van der Waals surface area contributed by atoms with Crippen LogP contribution in [0.25, 0.3) is 0 Å². The molecule has 0 fully saturated rings. The van der Waals surface area contributed by atoms with Crippen LogP contribution in [-0.2, 0) is 13.1 Å². The topological polar surface area (TPSA) is 34.6 Å². The van der Waals surface area contributed by atoms with Crippen LogP contribution in [0, 0.1) is 0 Å². The molecule has 0 spiro atoms. The number of hydrogen-bond donors (Lipinski definition) is 0. The molecule has 0 radical (unpaired) electrons. The van der Waals surface area contributed by atoms with Gasteiger partial charge in [-0.2, -0.15) is 0 Å². The van der Waals surface area contributed by atoms with Crippen LogP contribution in [-0.4, -0.2) is 29.6 Å². The van der Waals surface area contributed by atoms with Gasteiger partial charge in [-0.05, 0) is 36.2 Å². The quantitative estimate of drug-likeness (QED) is 0.868. The van der Waals surface area contributed by atoms with Gasteiger partial charge in [0.1, 0.15) is 17.6 Å². The van der Waals surface area contributed by atoms with Gasteiger partial charge in [-0.25, -0.2) is 0 Å². The van der Waals surface area contributed by atoms with E-state index in [0.29, 0.717) is 0 Å². The fourth-order valence-electron chi connectivity index (χ4n) is 2.81. The highest BCUT2D eigenvalue weighted by molar-refractivity contribution is 5.41. The molecule has 4 heteroatoms. The number of rotatable bonds is 4. The summed E-state index contributed by atoms with van der Waals surface area (Å²) >= 11 is 0. The Kier molecular flexibility index (Phi) is 4.59. The van der Waals surface area contributed by atoms with E-state index >= 15 is 0 Å². The van der Waals surface area contributed by atoms with E-state index in [-0.39, 0.29) is 6.10 Å². The van der Waals surface area contributed by atoms with E-state index in [0.717, 1.165) is 37.6 Å². The normalized spacial score (nSPS) is 18.2. The van der Waals surface area contributed by atoms with Crippen molar-refractivity contribution in [1.29, 1.82) is 0 Å². The predicted octanol–water partition coefficient (Wildman–Crippen LogP) is 3.26. The Morgan fingerprint density at radius 2 is 2.27 bits per heavy atom. The highest BCUT2D eigenvalue weighted by atomic mass is 16.5. The summed E-state index contributed by atoms with van der Waals surface area (Å²) in [5, 5.41) is 0. The fraction of sp³-hybridized carbons (Fsp3) is 0.389. The zero-order valence-electron chi connectivity index (χ0n) is 13.2. The van der Waals surface area contributed by atoms with Gasteiger partial charge in [0.15, 0.2) is 0 Å². The van der Waals surface area contributed by atoms with Gasteiger partial charge in [0.05, 0.1) is 7.11 Å². The Balaban J connectivity index is 1.84. The van der Waals surface area contributed by atoms with Gasteiger partial charge in [-0.1, -0.05) is 13.0 Å². The number of nitrogens with zero attached hydrogens (tertiary/aromatic N) is 2. The lowest BCUT2D eigenvalue weighted by Crippen LogP contribution is -2.32. The second kappa shape index (κ2) is 6.79. The maximum atomic E-state index is 6.16. The van der Waals surface area contributed by atoms with Crippen LogP contribution >= 0.6 is 0 Å². The van der Waals surface area contributed by atoms with Crippen molar-refractivity contribution < 1.29 is 9.47 Å². The number of aromatic nitrogens is 1. The van der Waals surface area contributed by atoms with Crippen molar-refractivity contribution in [2.24, 2.45) is 0 Å². The van der Waals surface area contributed by atoms with Crippen LogP contribution < -0.4 is 9.47 Å². The van der Waals surface area contributed by atoms with Crippen LogP contribution in [0.4, 0.5) is 0 Å². The zero-order chi connectivity index (χ0) is 15.4. The first kappa shape index (κ1) is 14.9. The Labute approximate surface area is 131 Å². The van der Waals surface area contributed by atoms with Crippen LogP contribution in [0.15, 0.2) is 42.7 Å². The van der Waals surface area contributed by atoms with Crippen molar-refractivity contribution in [2.75, 3.05) is 13.7 Å². The van der Waals surface area contributed by atoms with Crippen molar-refractivity contribution in [2.45, 2.75) is 32.5 Å². The third-order valence-electron chi connectivity index (χ3n) is 4.00. The summed E-state index contributed by atoms with van der Waals surface area (Å²) in [6.45, 7) is 4.83. The third-order valence-corrected chi connectivity index (χ3v) is 4.00. The molecule has 4 nitrogen and oxygen atoms in total. The van der Waals surface area contributed by atoms with Crippen molar-refractivity contribution in [1.82, 2.24) is 9.88 Å². The summed E-state index contributed by atoms with van der Waals surface area (Å²) in [7, 11) is 1.70. The molecule has 22 heavy (non-hydrogen) atoms. The summed E-state index contributed by atoms with van der Waals surface area (Å²) in [4.78, 5) is 6.62. The molecule has 1 aliphatic rings. The molecule has 2 heterocycles. The average Bonchev–Trinajstić information content (AvgIpc) is 2.73. The highest BCUT2D eigenvalue weighted by Gasteiger charge is 2.22. The summed E-state index contributed by atoms with van der Waals surface area (Å²) in [6, 6.07) is 10.2. The Hall–Kier alpha value is -2.07. The van der Waals surface area contributed by atoms with Crippen molar-refractivity contribution >= 4 is 0 Å². The molecule has 116 valence electrons. The molecular formula is C18H22N2O2. The smallest absolute Gasteiger partial charge is 0.124 e. The largest absolute Gasteiger partial charge is 0.497 e. The molecule has 0 saturated heterocycles. The van der Waals surface area contributed by atoms with E-state index < -0.39 is 0 Å². The molecule has 1 atom stereocenters. The van der Waals surface area contributed by atoms with Crippen molar-refractivity contribution in [3.05, 3.63) is 53.9 Å². The van der Waals surface area contributed by atoms with Gasteiger partial charge in [0, 0.05) is 37.6 Å². The lowest BCUT2D eigenvalue weighted by atomic mass is 10.1. The summed E-state index contributed by atoms with van der Waals surface area (Å²) in [5.74, 6) is 1.85. The molecule has 0 saturated carbocycles. The van der Waals surface area contributed by atoms with Gasteiger partial charge < -0.3 is 9.47 Å². The van der Waals surface area contributed by atoms with Gasteiger partial charge in [0.25, 0.3) is 0 Å². The molecule has 0 amide bonds. The maximum absolute atomic E-state index is 6.16.